The largest absolute Gasteiger partial charge is 0.396 e. The van der Waals surface area contributed by atoms with E-state index >= 15 is 0 Å². The highest BCUT2D eigenvalue weighted by atomic mass is 16.3. The van der Waals surface area contributed by atoms with Crippen LogP contribution < -0.4 is 0 Å². The van der Waals surface area contributed by atoms with Crippen LogP contribution in [0.25, 0.3) is 0 Å². The molecule has 0 aromatic heterocycles. The standard InChI is InChI=1S/C14H22N2O/c1-8-10-3-5-12-13(14(12)7-17)6-4-11(10)9(2)16-15-8/h10-14,17H,3-7H2,1-2H3/t10-,11-,12-,13+,14?/m1/s1. The van der Waals surface area contributed by atoms with E-state index in [0.717, 1.165) is 11.8 Å². The summed E-state index contributed by atoms with van der Waals surface area (Å²) < 4.78 is 0. The van der Waals surface area contributed by atoms with Crippen LogP contribution in [-0.2, 0) is 0 Å². The van der Waals surface area contributed by atoms with Gasteiger partial charge in [0, 0.05) is 29.9 Å². The Morgan fingerprint density at radius 1 is 0.941 bits per heavy atom. The predicted molar refractivity (Wildman–Crippen MR) is 69.2 cm³/mol. The third kappa shape index (κ3) is 1.85. The summed E-state index contributed by atoms with van der Waals surface area (Å²) >= 11 is 0. The van der Waals surface area contributed by atoms with Gasteiger partial charge in [0.2, 0.25) is 0 Å². The van der Waals surface area contributed by atoms with Crippen LogP contribution in [-0.4, -0.2) is 23.1 Å². The maximum Gasteiger partial charge on any atom is 0.0464 e. The lowest BCUT2D eigenvalue weighted by Gasteiger charge is -2.30. The smallest absolute Gasteiger partial charge is 0.0464 e. The summed E-state index contributed by atoms with van der Waals surface area (Å²) in [4.78, 5) is 0. The second kappa shape index (κ2) is 4.20. The molecule has 2 aliphatic carbocycles. The lowest BCUT2D eigenvalue weighted by molar-refractivity contribution is 0.262. The van der Waals surface area contributed by atoms with E-state index in [1.165, 1.54) is 37.1 Å². The number of rotatable bonds is 1. The second-order valence-corrected chi connectivity index (χ2v) is 6.02. The Morgan fingerprint density at radius 2 is 1.41 bits per heavy atom. The van der Waals surface area contributed by atoms with Crippen LogP contribution in [0.4, 0.5) is 0 Å². The molecule has 0 aromatic carbocycles. The number of nitrogens with zero attached hydrogens (tertiary/aromatic N) is 2. The minimum atomic E-state index is 0.394. The molecule has 0 bridgehead atoms. The molecule has 3 heteroatoms. The van der Waals surface area contributed by atoms with Gasteiger partial charge in [-0.05, 0) is 57.3 Å². The summed E-state index contributed by atoms with van der Waals surface area (Å²) in [6, 6.07) is 0. The fraction of sp³-hybridized carbons (Fsp3) is 0.857. The number of hydrogen-bond donors (Lipinski definition) is 1. The quantitative estimate of drug-likeness (QED) is 0.744. The summed E-state index contributed by atoms with van der Waals surface area (Å²) in [5.41, 5.74) is 2.44. The molecule has 1 N–H and O–H groups in total. The highest BCUT2D eigenvalue weighted by molar-refractivity contribution is 5.96. The Hall–Kier alpha value is -0.700. The van der Waals surface area contributed by atoms with E-state index in [0.29, 0.717) is 24.4 Å². The van der Waals surface area contributed by atoms with Gasteiger partial charge in [-0.2, -0.15) is 10.2 Å². The summed E-state index contributed by atoms with van der Waals surface area (Å²) in [7, 11) is 0. The van der Waals surface area contributed by atoms with Crippen molar-refractivity contribution in [1.82, 2.24) is 0 Å². The average Bonchev–Trinajstić information content (AvgIpc) is 2.96. The first-order valence-electron chi connectivity index (χ1n) is 6.92. The minimum Gasteiger partial charge on any atom is -0.396 e. The zero-order valence-corrected chi connectivity index (χ0v) is 10.8. The van der Waals surface area contributed by atoms with Crippen molar-refractivity contribution >= 4 is 11.4 Å². The molecule has 0 spiro atoms. The van der Waals surface area contributed by atoms with Gasteiger partial charge in [-0.15, -0.1) is 0 Å². The number of fused-ring (bicyclic) bond motifs is 2. The molecule has 3 nitrogen and oxygen atoms in total. The molecule has 17 heavy (non-hydrogen) atoms. The number of hydrogen-bond acceptors (Lipinski definition) is 3. The van der Waals surface area contributed by atoms with Crippen LogP contribution in [0.3, 0.4) is 0 Å². The van der Waals surface area contributed by atoms with Crippen LogP contribution in [0.15, 0.2) is 10.2 Å². The first kappa shape index (κ1) is 11.4. The highest BCUT2D eigenvalue weighted by Crippen LogP contribution is 2.54. The molecule has 0 aromatic rings. The van der Waals surface area contributed by atoms with Crippen LogP contribution in [0.2, 0.25) is 0 Å². The Kier molecular flexibility index (Phi) is 2.81. The molecule has 3 rings (SSSR count). The van der Waals surface area contributed by atoms with Crippen molar-refractivity contribution in [3.05, 3.63) is 0 Å². The highest BCUT2D eigenvalue weighted by Gasteiger charge is 2.50. The van der Waals surface area contributed by atoms with E-state index in [-0.39, 0.29) is 0 Å². The number of aliphatic hydroxyl groups is 1. The van der Waals surface area contributed by atoms with Gasteiger partial charge in [0.05, 0.1) is 0 Å². The maximum atomic E-state index is 9.34. The molecule has 2 saturated carbocycles. The summed E-state index contributed by atoms with van der Waals surface area (Å²) in [6.45, 7) is 4.65. The van der Waals surface area contributed by atoms with Crippen LogP contribution >= 0.6 is 0 Å². The van der Waals surface area contributed by atoms with Gasteiger partial charge in [-0.1, -0.05) is 0 Å². The molecule has 5 atom stereocenters. The Balaban J connectivity index is 1.76. The normalized spacial score (nSPS) is 44.8. The summed E-state index contributed by atoms with van der Waals surface area (Å²) in [5, 5.41) is 17.9. The molecule has 2 fully saturated rings. The van der Waals surface area contributed by atoms with Crippen molar-refractivity contribution in [3.8, 4) is 0 Å². The van der Waals surface area contributed by atoms with Crippen molar-refractivity contribution < 1.29 is 5.11 Å². The molecular formula is C14H22N2O. The van der Waals surface area contributed by atoms with Gasteiger partial charge in [-0.3, -0.25) is 0 Å². The van der Waals surface area contributed by atoms with E-state index in [4.69, 9.17) is 0 Å². The van der Waals surface area contributed by atoms with Crippen molar-refractivity contribution in [2.75, 3.05) is 6.61 Å². The molecule has 0 amide bonds. The fourth-order valence-corrected chi connectivity index (χ4v) is 4.10. The van der Waals surface area contributed by atoms with E-state index in [2.05, 4.69) is 24.1 Å². The molecule has 1 unspecified atom stereocenters. The van der Waals surface area contributed by atoms with Crippen LogP contribution in [0.5, 0.6) is 0 Å². The first-order chi connectivity index (χ1) is 8.22. The van der Waals surface area contributed by atoms with Gasteiger partial charge < -0.3 is 5.11 Å². The van der Waals surface area contributed by atoms with Crippen LogP contribution in [0.1, 0.15) is 39.5 Å². The van der Waals surface area contributed by atoms with Gasteiger partial charge in [0.15, 0.2) is 0 Å². The molecule has 94 valence electrons. The number of aliphatic hydroxyl groups excluding tert-OH is 1. The van der Waals surface area contributed by atoms with E-state index in [1.807, 2.05) is 0 Å². The molecular weight excluding hydrogens is 212 g/mol. The molecule has 0 radical (unpaired) electrons. The molecule has 3 aliphatic rings. The minimum absolute atomic E-state index is 0.394. The zero-order valence-electron chi connectivity index (χ0n) is 10.8. The van der Waals surface area contributed by atoms with Crippen LogP contribution in [0, 0.1) is 29.6 Å². The third-order valence-corrected chi connectivity index (χ3v) is 5.27. The second-order valence-electron chi connectivity index (χ2n) is 6.02. The van der Waals surface area contributed by atoms with Crippen molar-refractivity contribution in [2.45, 2.75) is 39.5 Å². The predicted octanol–water partition coefficient (Wildman–Crippen LogP) is 2.50. The van der Waals surface area contributed by atoms with Gasteiger partial charge >= 0.3 is 0 Å². The van der Waals surface area contributed by atoms with Crippen molar-refractivity contribution in [3.63, 3.8) is 0 Å². The third-order valence-electron chi connectivity index (χ3n) is 5.27. The van der Waals surface area contributed by atoms with Gasteiger partial charge in [0.1, 0.15) is 0 Å². The Bertz CT molecular complexity index is 340. The topological polar surface area (TPSA) is 45.0 Å². The molecule has 0 saturated heterocycles. The van der Waals surface area contributed by atoms with Crippen molar-refractivity contribution in [1.29, 1.82) is 0 Å². The summed E-state index contributed by atoms with van der Waals surface area (Å²) in [6.07, 6.45) is 5.03. The van der Waals surface area contributed by atoms with Gasteiger partial charge in [-0.25, -0.2) is 0 Å². The van der Waals surface area contributed by atoms with E-state index in [1.54, 1.807) is 0 Å². The lowest BCUT2D eigenvalue weighted by Crippen LogP contribution is -2.31. The Morgan fingerprint density at radius 3 is 1.82 bits per heavy atom. The monoisotopic (exact) mass is 234 g/mol. The fourth-order valence-electron chi connectivity index (χ4n) is 4.10. The summed E-state index contributed by atoms with van der Waals surface area (Å²) in [5.74, 6) is 3.44. The first-order valence-corrected chi connectivity index (χ1v) is 6.92. The van der Waals surface area contributed by atoms with Gasteiger partial charge in [0.25, 0.3) is 0 Å². The van der Waals surface area contributed by atoms with E-state index < -0.39 is 0 Å². The zero-order chi connectivity index (χ0) is 12.0. The Labute approximate surface area is 103 Å². The maximum absolute atomic E-state index is 9.34. The molecule has 1 heterocycles. The SMILES string of the molecule is CC1=NN=C(C)[C@H]2CC[C@H]3C(CO)[C@H]3CC[C@H]12. The van der Waals surface area contributed by atoms with E-state index in [9.17, 15) is 5.11 Å². The molecule has 1 aliphatic heterocycles. The van der Waals surface area contributed by atoms with Crippen molar-refractivity contribution in [2.24, 2.45) is 39.8 Å². The average molecular weight is 234 g/mol. The lowest BCUT2D eigenvalue weighted by atomic mass is 9.76.